The van der Waals surface area contributed by atoms with Crippen LogP contribution in [-0.4, -0.2) is 51.9 Å². The molecule has 1 atom stereocenters. The fourth-order valence-corrected chi connectivity index (χ4v) is 6.65. The monoisotopic (exact) mass is 653 g/mol. The first-order valence-corrected chi connectivity index (χ1v) is 15.9. The van der Waals surface area contributed by atoms with Gasteiger partial charge in [0, 0.05) is 30.1 Å². The van der Waals surface area contributed by atoms with Crippen LogP contribution in [0.2, 0.25) is 10.0 Å². The molecule has 0 radical (unpaired) electrons. The molecule has 0 bridgehead atoms. The number of ether oxygens (including phenoxy) is 1. The maximum absolute atomic E-state index is 14.4. The molecule has 0 saturated carbocycles. The van der Waals surface area contributed by atoms with Gasteiger partial charge in [-0.05, 0) is 60.5 Å². The number of hydrogen-bond acceptors (Lipinski definition) is 5. The van der Waals surface area contributed by atoms with Gasteiger partial charge in [-0.3, -0.25) is 13.9 Å². The van der Waals surface area contributed by atoms with Gasteiger partial charge in [0.15, 0.2) is 0 Å². The van der Waals surface area contributed by atoms with E-state index in [2.05, 4.69) is 5.32 Å². The molecule has 44 heavy (non-hydrogen) atoms. The van der Waals surface area contributed by atoms with Crippen molar-refractivity contribution in [1.29, 1.82) is 0 Å². The van der Waals surface area contributed by atoms with Crippen LogP contribution in [-0.2, 0) is 32.6 Å². The van der Waals surface area contributed by atoms with Crippen molar-refractivity contribution < 1.29 is 22.7 Å². The Balaban J connectivity index is 1.82. The Bertz CT molecular complexity index is 1700. The molecule has 4 aromatic rings. The van der Waals surface area contributed by atoms with Crippen molar-refractivity contribution in [2.45, 2.75) is 30.8 Å². The Morgan fingerprint density at radius 1 is 0.864 bits per heavy atom. The lowest BCUT2D eigenvalue weighted by molar-refractivity contribution is -0.139. The van der Waals surface area contributed by atoms with Crippen LogP contribution < -0.4 is 14.4 Å². The minimum Gasteiger partial charge on any atom is -0.497 e. The van der Waals surface area contributed by atoms with E-state index in [4.69, 9.17) is 27.9 Å². The number of nitrogens with one attached hydrogen (secondary N) is 1. The summed E-state index contributed by atoms with van der Waals surface area (Å²) in [6.07, 6.45) is 0.198. The van der Waals surface area contributed by atoms with Crippen molar-refractivity contribution in [3.63, 3.8) is 0 Å². The summed E-state index contributed by atoms with van der Waals surface area (Å²) in [7, 11) is -1.25. The second-order valence-corrected chi connectivity index (χ2v) is 12.9. The lowest BCUT2D eigenvalue weighted by atomic mass is 10.0. The zero-order valence-electron chi connectivity index (χ0n) is 24.5. The summed E-state index contributed by atoms with van der Waals surface area (Å²) in [4.78, 5) is 29.1. The maximum Gasteiger partial charge on any atom is 0.264 e. The standard InChI is InChI=1S/C33H33Cl2N3O5S/c1-23-12-14-30(15-13-23)44(41,42)38(28-19-26(34)18-27(35)20-28)22-32(39)37(21-25-10-7-11-29(16-25)43-3)31(33(40)36-2)17-24-8-5-4-6-9-24/h4-16,18-20,31H,17,21-22H2,1-3H3,(H,36,40)/t31-/m0/s1. The average Bonchev–Trinajstić information content (AvgIpc) is 3.01. The Hall–Kier alpha value is -4.05. The topological polar surface area (TPSA) is 96.0 Å². The first-order chi connectivity index (χ1) is 21.0. The van der Waals surface area contributed by atoms with E-state index in [1.54, 1.807) is 30.3 Å². The Kier molecular flexibility index (Phi) is 10.9. The van der Waals surface area contributed by atoms with Gasteiger partial charge in [0.2, 0.25) is 11.8 Å². The first kappa shape index (κ1) is 32.9. The third-order valence-corrected chi connectivity index (χ3v) is 9.25. The van der Waals surface area contributed by atoms with Crippen LogP contribution in [0.25, 0.3) is 0 Å². The van der Waals surface area contributed by atoms with Crippen LogP contribution in [0.4, 0.5) is 5.69 Å². The molecule has 0 aliphatic heterocycles. The molecule has 0 spiro atoms. The van der Waals surface area contributed by atoms with Crippen LogP contribution in [0.5, 0.6) is 5.75 Å². The molecule has 1 N–H and O–H groups in total. The Labute approximate surface area is 268 Å². The molecule has 11 heteroatoms. The van der Waals surface area contributed by atoms with E-state index in [1.807, 2.05) is 43.3 Å². The predicted octanol–water partition coefficient (Wildman–Crippen LogP) is 5.89. The Morgan fingerprint density at radius 3 is 2.11 bits per heavy atom. The van der Waals surface area contributed by atoms with E-state index >= 15 is 0 Å². The molecule has 0 saturated heterocycles. The number of aryl methyl sites for hydroxylation is 1. The van der Waals surface area contributed by atoms with E-state index < -0.39 is 34.4 Å². The summed E-state index contributed by atoms with van der Waals surface area (Å²) < 4.78 is 34.5. The number of sulfonamides is 1. The molecule has 0 unspecified atom stereocenters. The zero-order chi connectivity index (χ0) is 31.9. The van der Waals surface area contributed by atoms with Gasteiger partial charge in [-0.1, -0.05) is 83.4 Å². The summed E-state index contributed by atoms with van der Waals surface area (Å²) in [6.45, 7) is 1.23. The summed E-state index contributed by atoms with van der Waals surface area (Å²) in [5, 5.41) is 3.06. The smallest absolute Gasteiger partial charge is 0.264 e. The van der Waals surface area contributed by atoms with E-state index in [0.717, 1.165) is 15.4 Å². The third-order valence-electron chi connectivity index (χ3n) is 7.03. The minimum absolute atomic E-state index is 0.00960. The van der Waals surface area contributed by atoms with Gasteiger partial charge >= 0.3 is 0 Å². The van der Waals surface area contributed by atoms with Gasteiger partial charge in [-0.15, -0.1) is 0 Å². The van der Waals surface area contributed by atoms with Crippen molar-refractivity contribution in [1.82, 2.24) is 10.2 Å². The number of carbonyl (C=O) groups excluding carboxylic acids is 2. The van der Waals surface area contributed by atoms with E-state index in [1.165, 1.54) is 49.4 Å². The van der Waals surface area contributed by atoms with Crippen molar-refractivity contribution in [2.24, 2.45) is 0 Å². The molecule has 0 heterocycles. The van der Waals surface area contributed by atoms with Crippen LogP contribution in [0.1, 0.15) is 16.7 Å². The molecular weight excluding hydrogens is 621 g/mol. The molecular formula is C33H33Cl2N3O5S. The van der Waals surface area contributed by atoms with Gasteiger partial charge in [0.05, 0.1) is 17.7 Å². The van der Waals surface area contributed by atoms with Crippen LogP contribution in [0, 0.1) is 6.92 Å². The fourth-order valence-electron chi connectivity index (χ4n) is 4.74. The summed E-state index contributed by atoms with van der Waals surface area (Å²) >= 11 is 12.6. The summed E-state index contributed by atoms with van der Waals surface area (Å²) in [5.41, 5.74) is 2.50. The third kappa shape index (κ3) is 8.11. The van der Waals surface area contributed by atoms with E-state index in [-0.39, 0.29) is 33.6 Å². The Morgan fingerprint density at radius 2 is 1.50 bits per heavy atom. The normalized spacial score (nSPS) is 11.8. The van der Waals surface area contributed by atoms with Crippen LogP contribution >= 0.6 is 23.2 Å². The second-order valence-electron chi connectivity index (χ2n) is 10.1. The minimum atomic E-state index is -4.28. The molecule has 2 amide bonds. The molecule has 0 fully saturated rings. The fraction of sp³-hybridized carbons (Fsp3) is 0.212. The highest BCUT2D eigenvalue weighted by Gasteiger charge is 2.34. The lowest BCUT2D eigenvalue weighted by Gasteiger charge is -2.33. The largest absolute Gasteiger partial charge is 0.497 e. The number of halogens is 2. The van der Waals surface area contributed by atoms with Gasteiger partial charge in [0.25, 0.3) is 10.0 Å². The van der Waals surface area contributed by atoms with Crippen molar-refractivity contribution >= 4 is 50.7 Å². The van der Waals surface area contributed by atoms with Crippen molar-refractivity contribution in [3.8, 4) is 5.75 Å². The number of amides is 2. The molecule has 230 valence electrons. The summed E-state index contributed by atoms with van der Waals surface area (Å²) in [6, 6.07) is 26.1. The van der Waals surface area contributed by atoms with Crippen molar-refractivity contribution in [2.75, 3.05) is 25.0 Å². The number of hydrogen-bond donors (Lipinski definition) is 1. The number of nitrogens with zero attached hydrogens (tertiary/aromatic N) is 2. The number of carbonyl (C=O) groups is 2. The lowest BCUT2D eigenvalue weighted by Crippen LogP contribution is -2.53. The second kappa shape index (κ2) is 14.6. The van der Waals surface area contributed by atoms with Gasteiger partial charge in [-0.2, -0.15) is 0 Å². The first-order valence-electron chi connectivity index (χ1n) is 13.7. The highest BCUT2D eigenvalue weighted by molar-refractivity contribution is 7.92. The molecule has 0 aliphatic carbocycles. The number of methoxy groups -OCH3 is 1. The van der Waals surface area contributed by atoms with Gasteiger partial charge < -0.3 is 15.0 Å². The highest BCUT2D eigenvalue weighted by Crippen LogP contribution is 2.30. The van der Waals surface area contributed by atoms with Crippen molar-refractivity contribution in [3.05, 3.63) is 124 Å². The SMILES string of the molecule is CNC(=O)[C@H](Cc1ccccc1)N(Cc1cccc(OC)c1)C(=O)CN(c1cc(Cl)cc(Cl)c1)S(=O)(=O)c1ccc(C)cc1. The van der Waals surface area contributed by atoms with E-state index in [9.17, 15) is 18.0 Å². The number of rotatable bonds is 12. The van der Waals surface area contributed by atoms with Crippen LogP contribution in [0.15, 0.2) is 102 Å². The zero-order valence-corrected chi connectivity index (χ0v) is 26.9. The maximum atomic E-state index is 14.4. The van der Waals surface area contributed by atoms with Crippen LogP contribution in [0.3, 0.4) is 0 Å². The molecule has 4 aromatic carbocycles. The molecule has 0 aromatic heterocycles. The van der Waals surface area contributed by atoms with Gasteiger partial charge in [0.1, 0.15) is 18.3 Å². The molecule has 4 rings (SSSR count). The van der Waals surface area contributed by atoms with E-state index in [0.29, 0.717) is 11.3 Å². The number of benzene rings is 4. The highest BCUT2D eigenvalue weighted by atomic mass is 35.5. The predicted molar refractivity (Wildman–Crippen MR) is 174 cm³/mol. The molecule has 8 nitrogen and oxygen atoms in total. The summed E-state index contributed by atoms with van der Waals surface area (Å²) in [5.74, 6) is -0.431. The number of likely N-dealkylation sites (N-methyl/N-ethyl adjacent to an activating group) is 1. The quantitative estimate of drug-likeness (QED) is 0.206. The van der Waals surface area contributed by atoms with Gasteiger partial charge in [-0.25, -0.2) is 8.42 Å². The number of anilines is 1. The average molecular weight is 655 g/mol. The molecule has 0 aliphatic rings.